The molecule has 1 aromatic carbocycles. The highest BCUT2D eigenvalue weighted by atomic mass is 16.3. The maximum Gasteiger partial charge on any atom is 0.226 e. The van der Waals surface area contributed by atoms with Crippen LogP contribution >= 0.6 is 0 Å². The fraction of sp³-hybridized carbons (Fsp3) is 0.500. The zero-order chi connectivity index (χ0) is 12.3. The van der Waals surface area contributed by atoms with E-state index in [0.29, 0.717) is 19.0 Å². The molecule has 2 atom stereocenters. The molecule has 17 heavy (non-hydrogen) atoms. The average molecular weight is 233 g/mol. The largest absolute Gasteiger partial charge is 0.395 e. The van der Waals surface area contributed by atoms with Gasteiger partial charge < -0.3 is 10.0 Å². The summed E-state index contributed by atoms with van der Waals surface area (Å²) >= 11 is 0. The lowest BCUT2D eigenvalue weighted by Crippen LogP contribution is -2.34. The van der Waals surface area contributed by atoms with Crippen LogP contribution < -0.4 is 0 Å². The van der Waals surface area contributed by atoms with Gasteiger partial charge >= 0.3 is 0 Å². The number of aliphatic hydroxyl groups excluding tert-OH is 1. The second-order valence-electron chi connectivity index (χ2n) is 4.79. The Balaban J connectivity index is 1.99. The summed E-state index contributed by atoms with van der Waals surface area (Å²) in [5, 5.41) is 9.04. The van der Waals surface area contributed by atoms with Gasteiger partial charge in [-0.3, -0.25) is 4.79 Å². The zero-order valence-electron chi connectivity index (χ0n) is 10.2. The maximum atomic E-state index is 12.1. The van der Waals surface area contributed by atoms with Crippen molar-refractivity contribution in [3.05, 3.63) is 35.9 Å². The van der Waals surface area contributed by atoms with Gasteiger partial charge in [0.1, 0.15) is 0 Å². The van der Waals surface area contributed by atoms with Crippen molar-refractivity contribution in [2.24, 2.45) is 11.8 Å². The topological polar surface area (TPSA) is 40.5 Å². The van der Waals surface area contributed by atoms with E-state index in [4.69, 9.17) is 5.11 Å². The van der Waals surface area contributed by atoms with Crippen molar-refractivity contribution in [1.82, 2.24) is 4.90 Å². The van der Waals surface area contributed by atoms with Gasteiger partial charge in [0.15, 0.2) is 0 Å². The van der Waals surface area contributed by atoms with E-state index in [1.54, 1.807) is 4.90 Å². The van der Waals surface area contributed by atoms with Gasteiger partial charge in [-0.1, -0.05) is 37.3 Å². The molecule has 0 unspecified atom stereocenters. The van der Waals surface area contributed by atoms with Crippen molar-refractivity contribution >= 4 is 5.91 Å². The Bertz CT molecular complexity index is 377. The smallest absolute Gasteiger partial charge is 0.226 e. The second kappa shape index (κ2) is 5.32. The van der Waals surface area contributed by atoms with Crippen LogP contribution in [-0.4, -0.2) is 29.1 Å². The molecule has 0 bridgehead atoms. The van der Waals surface area contributed by atoms with Crippen molar-refractivity contribution < 1.29 is 9.90 Å². The summed E-state index contributed by atoms with van der Waals surface area (Å²) in [6, 6.07) is 9.92. The van der Waals surface area contributed by atoms with Crippen LogP contribution in [-0.2, 0) is 11.3 Å². The van der Waals surface area contributed by atoms with Crippen LogP contribution in [0.25, 0.3) is 0 Å². The first-order chi connectivity index (χ1) is 8.22. The summed E-state index contributed by atoms with van der Waals surface area (Å²) in [4.78, 5) is 13.9. The van der Waals surface area contributed by atoms with Gasteiger partial charge in [0.05, 0.1) is 6.61 Å². The third-order valence-electron chi connectivity index (χ3n) is 3.32. The van der Waals surface area contributed by atoms with Gasteiger partial charge in [-0.05, 0) is 17.9 Å². The first kappa shape index (κ1) is 12.1. The highest BCUT2D eigenvalue weighted by molar-refractivity contribution is 5.81. The van der Waals surface area contributed by atoms with Gasteiger partial charge in [0, 0.05) is 19.0 Å². The van der Waals surface area contributed by atoms with Gasteiger partial charge in [-0.2, -0.15) is 0 Å². The summed E-state index contributed by atoms with van der Waals surface area (Å²) < 4.78 is 0. The van der Waals surface area contributed by atoms with E-state index < -0.39 is 0 Å². The summed E-state index contributed by atoms with van der Waals surface area (Å²) in [7, 11) is 0. The maximum absolute atomic E-state index is 12.1. The number of benzene rings is 1. The first-order valence-corrected chi connectivity index (χ1v) is 6.16. The van der Waals surface area contributed by atoms with E-state index in [-0.39, 0.29) is 18.4 Å². The van der Waals surface area contributed by atoms with Crippen LogP contribution in [0, 0.1) is 11.8 Å². The Hall–Kier alpha value is -1.35. The van der Waals surface area contributed by atoms with Crippen molar-refractivity contribution in [3.63, 3.8) is 0 Å². The highest BCUT2D eigenvalue weighted by Gasteiger charge is 2.41. The van der Waals surface area contributed by atoms with Crippen LogP contribution in [0.5, 0.6) is 0 Å². The number of rotatable bonds is 5. The molecule has 0 saturated heterocycles. The van der Waals surface area contributed by atoms with E-state index in [1.807, 2.05) is 30.3 Å². The lowest BCUT2D eigenvalue weighted by Gasteiger charge is -2.22. The van der Waals surface area contributed by atoms with Crippen molar-refractivity contribution in [2.75, 3.05) is 13.2 Å². The summed E-state index contributed by atoms with van der Waals surface area (Å²) in [5.41, 5.74) is 1.11. The Morgan fingerprint density at radius 1 is 1.41 bits per heavy atom. The molecule has 1 aliphatic rings. The number of hydrogen-bond acceptors (Lipinski definition) is 2. The molecule has 0 aromatic heterocycles. The molecule has 1 aromatic rings. The molecule has 1 amide bonds. The van der Waals surface area contributed by atoms with Crippen LogP contribution in [0.4, 0.5) is 0 Å². The predicted octanol–water partition coefficient (Wildman–Crippen LogP) is 1.66. The Kier molecular flexibility index (Phi) is 3.79. The minimum atomic E-state index is 0.0275. The summed E-state index contributed by atoms with van der Waals surface area (Å²) in [5.74, 6) is 0.889. The van der Waals surface area contributed by atoms with Crippen molar-refractivity contribution in [2.45, 2.75) is 19.9 Å². The SMILES string of the molecule is C[C@H]1C[C@@H]1C(=O)N(CCO)Cc1ccccc1. The van der Waals surface area contributed by atoms with Gasteiger partial charge in [0.25, 0.3) is 0 Å². The van der Waals surface area contributed by atoms with Gasteiger partial charge in [-0.25, -0.2) is 0 Å². The number of carbonyl (C=O) groups is 1. The molecule has 1 saturated carbocycles. The van der Waals surface area contributed by atoms with E-state index in [2.05, 4.69) is 6.92 Å². The molecular formula is C14H19NO2. The normalized spacial score (nSPS) is 22.2. The molecule has 1 fully saturated rings. The monoisotopic (exact) mass is 233 g/mol. The molecule has 0 spiro atoms. The number of nitrogens with zero attached hydrogens (tertiary/aromatic N) is 1. The molecule has 1 N–H and O–H groups in total. The van der Waals surface area contributed by atoms with Crippen LogP contribution in [0.1, 0.15) is 18.9 Å². The summed E-state index contributed by atoms with van der Waals surface area (Å²) in [6.45, 7) is 3.16. The van der Waals surface area contributed by atoms with Gasteiger partial charge in [0.2, 0.25) is 5.91 Å². The number of hydrogen-bond donors (Lipinski definition) is 1. The predicted molar refractivity (Wildman–Crippen MR) is 66.2 cm³/mol. The number of aliphatic hydroxyl groups is 1. The van der Waals surface area contributed by atoms with Crippen LogP contribution in [0.2, 0.25) is 0 Å². The molecule has 0 heterocycles. The van der Waals surface area contributed by atoms with E-state index in [1.165, 1.54) is 0 Å². The molecule has 2 rings (SSSR count). The fourth-order valence-corrected chi connectivity index (χ4v) is 2.09. The Labute approximate surface area is 102 Å². The van der Waals surface area contributed by atoms with E-state index in [0.717, 1.165) is 12.0 Å². The van der Waals surface area contributed by atoms with Crippen LogP contribution in [0.3, 0.4) is 0 Å². The third kappa shape index (κ3) is 3.07. The molecule has 3 heteroatoms. The molecule has 1 aliphatic carbocycles. The number of carbonyl (C=O) groups excluding carboxylic acids is 1. The minimum Gasteiger partial charge on any atom is -0.395 e. The Morgan fingerprint density at radius 3 is 2.59 bits per heavy atom. The van der Waals surface area contributed by atoms with Crippen molar-refractivity contribution in [3.8, 4) is 0 Å². The van der Waals surface area contributed by atoms with Gasteiger partial charge in [-0.15, -0.1) is 0 Å². The zero-order valence-corrected chi connectivity index (χ0v) is 10.2. The lowest BCUT2D eigenvalue weighted by atomic mass is 10.2. The van der Waals surface area contributed by atoms with E-state index >= 15 is 0 Å². The molecule has 0 radical (unpaired) electrons. The standard InChI is InChI=1S/C14H19NO2/c1-11-9-13(11)14(17)15(7-8-16)10-12-5-3-2-4-6-12/h2-6,11,13,16H,7-10H2,1H3/t11-,13-/m0/s1. The molecule has 0 aliphatic heterocycles. The third-order valence-corrected chi connectivity index (χ3v) is 3.32. The highest BCUT2D eigenvalue weighted by Crippen LogP contribution is 2.39. The quantitative estimate of drug-likeness (QED) is 0.840. The average Bonchev–Trinajstić information content (AvgIpc) is 3.06. The summed E-state index contributed by atoms with van der Waals surface area (Å²) in [6.07, 6.45) is 0.996. The lowest BCUT2D eigenvalue weighted by molar-refractivity contribution is -0.134. The molecular weight excluding hydrogens is 214 g/mol. The molecule has 3 nitrogen and oxygen atoms in total. The fourth-order valence-electron chi connectivity index (χ4n) is 2.09. The Morgan fingerprint density at radius 2 is 2.06 bits per heavy atom. The van der Waals surface area contributed by atoms with Crippen LogP contribution in [0.15, 0.2) is 30.3 Å². The first-order valence-electron chi connectivity index (χ1n) is 6.16. The van der Waals surface area contributed by atoms with E-state index in [9.17, 15) is 4.79 Å². The second-order valence-corrected chi connectivity index (χ2v) is 4.79. The minimum absolute atomic E-state index is 0.0275. The van der Waals surface area contributed by atoms with Crippen molar-refractivity contribution in [1.29, 1.82) is 0 Å². The number of amides is 1. The molecule has 92 valence electrons.